The number of aromatic nitrogens is 2. The molecule has 0 N–H and O–H groups in total. The predicted octanol–water partition coefficient (Wildman–Crippen LogP) is 5.18. The Hall–Kier alpha value is -3.45. The van der Waals surface area contributed by atoms with Crippen molar-refractivity contribution in [2.75, 3.05) is 20.7 Å². The van der Waals surface area contributed by atoms with Gasteiger partial charge in [0.25, 0.3) is 5.91 Å². The van der Waals surface area contributed by atoms with Crippen LogP contribution in [0.5, 0.6) is 5.75 Å². The Morgan fingerprint density at radius 3 is 2.61 bits per heavy atom. The van der Waals surface area contributed by atoms with Gasteiger partial charge in [-0.25, -0.2) is 4.98 Å². The molecule has 2 heterocycles. The minimum atomic E-state index is -0.0847. The molecule has 0 saturated heterocycles. The Balaban J connectivity index is 1.31. The zero-order valence-electron chi connectivity index (χ0n) is 17.4. The zero-order chi connectivity index (χ0) is 21.6. The second-order valence-corrected chi connectivity index (χ2v) is 8.00. The third-order valence-electron chi connectivity index (χ3n) is 4.95. The summed E-state index contributed by atoms with van der Waals surface area (Å²) in [5, 5.41) is 6.76. The van der Waals surface area contributed by atoms with Crippen LogP contribution in [0.4, 0.5) is 0 Å². The molecule has 2 aromatic heterocycles. The van der Waals surface area contributed by atoms with Crippen molar-refractivity contribution in [3.05, 3.63) is 77.5 Å². The Morgan fingerprint density at radius 1 is 1.10 bits per heavy atom. The van der Waals surface area contributed by atoms with E-state index in [9.17, 15) is 4.79 Å². The lowest BCUT2D eigenvalue weighted by molar-refractivity contribution is 0.0788. The largest absolute Gasteiger partial charge is 0.497 e. The Kier molecular flexibility index (Phi) is 6.43. The number of rotatable bonds is 8. The van der Waals surface area contributed by atoms with Crippen LogP contribution in [0.2, 0.25) is 0 Å². The van der Waals surface area contributed by atoms with E-state index in [-0.39, 0.29) is 5.91 Å². The molecule has 0 aliphatic rings. The first kappa shape index (κ1) is 20.8. The highest BCUT2D eigenvalue weighted by molar-refractivity contribution is 7.13. The van der Waals surface area contributed by atoms with E-state index >= 15 is 0 Å². The van der Waals surface area contributed by atoms with Crippen molar-refractivity contribution in [3.8, 4) is 27.6 Å². The highest BCUT2D eigenvalue weighted by Gasteiger charge is 2.16. The molecule has 0 unspecified atom stereocenters. The van der Waals surface area contributed by atoms with Gasteiger partial charge in [-0.1, -0.05) is 35.5 Å². The summed E-state index contributed by atoms with van der Waals surface area (Å²) in [6, 6.07) is 19.5. The van der Waals surface area contributed by atoms with Gasteiger partial charge < -0.3 is 14.2 Å². The van der Waals surface area contributed by atoms with Crippen LogP contribution >= 0.6 is 11.3 Å². The molecule has 2 aromatic carbocycles. The van der Waals surface area contributed by atoms with Gasteiger partial charge in [-0.3, -0.25) is 4.79 Å². The van der Waals surface area contributed by atoms with Gasteiger partial charge in [0.15, 0.2) is 0 Å². The third-order valence-corrected chi connectivity index (χ3v) is 5.84. The topological polar surface area (TPSA) is 68.5 Å². The van der Waals surface area contributed by atoms with Gasteiger partial charge >= 0.3 is 0 Å². The molecule has 31 heavy (non-hydrogen) atoms. The number of carbonyl (C=O) groups is 1. The maximum Gasteiger partial charge on any atom is 0.273 e. The lowest BCUT2D eigenvalue weighted by Gasteiger charge is -2.15. The standard InChI is InChI=1S/C24H23N3O3S/c1-27(14-6-9-20-15-21(26-30-20)17-7-4-3-5-8-17)24(28)22-16-31-23(25-22)18-10-12-19(29-2)13-11-18/h3-5,7-8,10-13,15-16H,6,9,14H2,1-2H3. The summed E-state index contributed by atoms with van der Waals surface area (Å²) < 4.78 is 10.6. The van der Waals surface area contributed by atoms with Gasteiger partial charge in [-0.05, 0) is 30.7 Å². The van der Waals surface area contributed by atoms with Crippen LogP contribution in [-0.2, 0) is 6.42 Å². The molecule has 0 aliphatic carbocycles. The summed E-state index contributed by atoms with van der Waals surface area (Å²) in [5.74, 6) is 1.52. The summed E-state index contributed by atoms with van der Waals surface area (Å²) in [6.45, 7) is 0.607. The maximum absolute atomic E-state index is 12.7. The lowest BCUT2D eigenvalue weighted by Crippen LogP contribution is -2.28. The van der Waals surface area contributed by atoms with E-state index in [0.29, 0.717) is 18.7 Å². The molecular formula is C24H23N3O3S. The van der Waals surface area contributed by atoms with Crippen molar-refractivity contribution < 1.29 is 14.1 Å². The number of aryl methyl sites for hydroxylation is 1. The van der Waals surface area contributed by atoms with E-state index in [1.54, 1.807) is 24.4 Å². The predicted molar refractivity (Wildman–Crippen MR) is 121 cm³/mol. The second-order valence-electron chi connectivity index (χ2n) is 7.14. The van der Waals surface area contributed by atoms with E-state index in [2.05, 4.69) is 10.1 Å². The summed E-state index contributed by atoms with van der Waals surface area (Å²) in [6.07, 6.45) is 1.49. The van der Waals surface area contributed by atoms with Crippen LogP contribution in [-0.4, -0.2) is 41.6 Å². The number of methoxy groups -OCH3 is 1. The molecule has 4 rings (SSSR count). The van der Waals surface area contributed by atoms with E-state index in [4.69, 9.17) is 9.26 Å². The zero-order valence-corrected chi connectivity index (χ0v) is 18.3. The fourth-order valence-corrected chi connectivity index (χ4v) is 4.00. The summed E-state index contributed by atoms with van der Waals surface area (Å²) >= 11 is 1.46. The van der Waals surface area contributed by atoms with E-state index in [1.807, 2.05) is 60.7 Å². The van der Waals surface area contributed by atoms with Gasteiger partial charge in [0.2, 0.25) is 0 Å². The van der Waals surface area contributed by atoms with Crippen LogP contribution in [0.1, 0.15) is 22.7 Å². The number of benzene rings is 2. The maximum atomic E-state index is 12.7. The normalized spacial score (nSPS) is 10.8. The van der Waals surface area contributed by atoms with Crippen molar-refractivity contribution in [2.45, 2.75) is 12.8 Å². The van der Waals surface area contributed by atoms with E-state index in [1.165, 1.54) is 11.3 Å². The molecule has 1 amide bonds. The van der Waals surface area contributed by atoms with E-state index in [0.717, 1.165) is 39.8 Å². The second kappa shape index (κ2) is 9.57. The minimum absolute atomic E-state index is 0.0847. The van der Waals surface area contributed by atoms with Crippen LogP contribution < -0.4 is 4.74 Å². The number of hydrogen-bond donors (Lipinski definition) is 0. The average molecular weight is 434 g/mol. The van der Waals surface area contributed by atoms with Gasteiger partial charge in [-0.2, -0.15) is 0 Å². The molecule has 0 saturated carbocycles. The molecule has 0 aliphatic heterocycles. The third kappa shape index (κ3) is 5.00. The first-order valence-corrected chi connectivity index (χ1v) is 10.9. The quantitative estimate of drug-likeness (QED) is 0.383. The van der Waals surface area contributed by atoms with Gasteiger partial charge in [0.1, 0.15) is 27.9 Å². The smallest absolute Gasteiger partial charge is 0.273 e. The molecule has 158 valence electrons. The summed E-state index contributed by atoms with van der Waals surface area (Å²) in [7, 11) is 3.43. The van der Waals surface area contributed by atoms with Crippen molar-refractivity contribution in [1.82, 2.24) is 15.0 Å². The van der Waals surface area contributed by atoms with Crippen LogP contribution in [0.15, 0.2) is 70.6 Å². The summed E-state index contributed by atoms with van der Waals surface area (Å²) in [4.78, 5) is 18.9. The highest BCUT2D eigenvalue weighted by Crippen LogP contribution is 2.26. The number of carbonyl (C=O) groups excluding carboxylic acids is 1. The number of ether oxygens (including phenoxy) is 1. The van der Waals surface area contributed by atoms with Gasteiger partial charge in [0, 0.05) is 42.6 Å². The molecule has 0 bridgehead atoms. The number of thiazole rings is 1. The molecular weight excluding hydrogens is 410 g/mol. The molecule has 0 radical (unpaired) electrons. The number of amides is 1. The Bertz CT molecular complexity index is 1140. The first-order valence-electron chi connectivity index (χ1n) is 10.0. The molecule has 0 spiro atoms. The van der Waals surface area contributed by atoms with Crippen molar-refractivity contribution in [3.63, 3.8) is 0 Å². The fourth-order valence-electron chi connectivity index (χ4n) is 3.20. The van der Waals surface area contributed by atoms with Gasteiger partial charge in [-0.15, -0.1) is 11.3 Å². The van der Waals surface area contributed by atoms with Crippen molar-refractivity contribution in [1.29, 1.82) is 0 Å². The van der Waals surface area contributed by atoms with E-state index < -0.39 is 0 Å². The minimum Gasteiger partial charge on any atom is -0.497 e. The van der Waals surface area contributed by atoms with Crippen LogP contribution in [0.3, 0.4) is 0 Å². The monoisotopic (exact) mass is 433 g/mol. The SMILES string of the molecule is COc1ccc(-c2nc(C(=O)N(C)CCCc3cc(-c4ccccc4)no3)cs2)cc1. The molecule has 4 aromatic rings. The average Bonchev–Trinajstić information content (AvgIpc) is 3.49. The fraction of sp³-hybridized carbons (Fsp3) is 0.208. The van der Waals surface area contributed by atoms with Crippen LogP contribution in [0.25, 0.3) is 21.8 Å². The lowest BCUT2D eigenvalue weighted by atomic mass is 10.1. The highest BCUT2D eigenvalue weighted by atomic mass is 32.1. The summed E-state index contributed by atoms with van der Waals surface area (Å²) in [5.41, 5.74) is 3.28. The number of hydrogen-bond acceptors (Lipinski definition) is 6. The molecule has 6 nitrogen and oxygen atoms in total. The van der Waals surface area contributed by atoms with Crippen molar-refractivity contribution >= 4 is 17.2 Å². The van der Waals surface area contributed by atoms with Gasteiger partial charge in [0.05, 0.1) is 7.11 Å². The Labute approximate surface area is 185 Å². The molecule has 0 fully saturated rings. The first-order chi connectivity index (χ1) is 15.1. The molecule has 7 heteroatoms. The van der Waals surface area contributed by atoms with Crippen molar-refractivity contribution in [2.24, 2.45) is 0 Å². The number of nitrogens with zero attached hydrogens (tertiary/aromatic N) is 3. The Morgan fingerprint density at radius 2 is 1.87 bits per heavy atom. The van der Waals surface area contributed by atoms with Crippen LogP contribution in [0, 0.1) is 0 Å². The molecule has 0 atom stereocenters.